The molecule has 0 spiro atoms. The summed E-state index contributed by atoms with van der Waals surface area (Å²) in [5.41, 5.74) is 9.57. The van der Waals surface area contributed by atoms with E-state index in [0.717, 1.165) is 5.69 Å². The molecule has 0 fully saturated rings. The zero-order chi connectivity index (χ0) is 42.2. The van der Waals surface area contributed by atoms with Crippen LogP contribution < -0.4 is 20.7 Å². The van der Waals surface area contributed by atoms with Crippen molar-refractivity contribution in [3.05, 3.63) is 243 Å². The Morgan fingerprint density at radius 1 is 0.297 bits per heavy atom. The summed E-state index contributed by atoms with van der Waals surface area (Å²) in [4.78, 5) is 0. The summed E-state index contributed by atoms with van der Waals surface area (Å²) >= 11 is 1.87. The van der Waals surface area contributed by atoms with Gasteiger partial charge in [-0.05, 0) is 92.5 Å². The van der Waals surface area contributed by atoms with E-state index < -0.39 is 8.07 Å². The van der Waals surface area contributed by atoms with Gasteiger partial charge in [0, 0.05) is 47.4 Å². The van der Waals surface area contributed by atoms with E-state index in [2.05, 4.69) is 252 Å². The predicted octanol–water partition coefficient (Wildman–Crippen LogP) is 13.3. The third-order valence-electron chi connectivity index (χ3n) is 13.5. The van der Waals surface area contributed by atoms with Gasteiger partial charge in [0.15, 0.2) is 8.07 Å². The van der Waals surface area contributed by atoms with Gasteiger partial charge in [-0.3, -0.25) is 0 Å². The van der Waals surface area contributed by atoms with Crippen LogP contribution in [0.3, 0.4) is 0 Å². The lowest BCUT2D eigenvalue weighted by atomic mass is 10.0. The average molecular weight is 849 g/mol. The van der Waals surface area contributed by atoms with Crippen LogP contribution in [0.2, 0.25) is 0 Å². The SMILES string of the molecule is c1ccc([Si](c2ccccc2)(c2ccccc2)c2ccc(-n3c4ccccc4c4c(-n5c6ccccc6c6cc(-c7ccc8c(c7)sc7ccccc78)ccc65)cccc43)cc2)cc1. The monoisotopic (exact) mass is 848 g/mol. The van der Waals surface area contributed by atoms with Crippen molar-refractivity contribution < 1.29 is 0 Å². The Hall–Kier alpha value is -7.76. The quantitative estimate of drug-likeness (QED) is 0.112. The summed E-state index contributed by atoms with van der Waals surface area (Å²) in [5.74, 6) is 0. The Morgan fingerprint density at radius 3 is 1.48 bits per heavy atom. The lowest BCUT2D eigenvalue weighted by Gasteiger charge is -2.34. The molecule has 0 atom stereocenters. The largest absolute Gasteiger partial charge is 0.309 e. The van der Waals surface area contributed by atoms with Crippen LogP contribution in [0.1, 0.15) is 0 Å². The highest BCUT2D eigenvalue weighted by Gasteiger charge is 2.41. The Bertz CT molecular complexity index is 3790. The first-order chi connectivity index (χ1) is 31.8. The van der Waals surface area contributed by atoms with E-state index in [0.29, 0.717) is 0 Å². The Balaban J connectivity index is 0.989. The van der Waals surface area contributed by atoms with Gasteiger partial charge in [0.25, 0.3) is 0 Å². The lowest BCUT2D eigenvalue weighted by molar-refractivity contribution is 1.17. The van der Waals surface area contributed by atoms with E-state index >= 15 is 0 Å². The van der Waals surface area contributed by atoms with Crippen molar-refractivity contribution in [2.45, 2.75) is 0 Å². The molecule has 0 N–H and O–H groups in total. The molecular weight excluding hydrogens is 809 g/mol. The van der Waals surface area contributed by atoms with Crippen molar-refractivity contribution in [3.63, 3.8) is 0 Å². The summed E-state index contributed by atoms with van der Waals surface area (Å²) < 4.78 is 7.61. The van der Waals surface area contributed by atoms with Gasteiger partial charge in [0.05, 0.1) is 27.8 Å². The minimum Gasteiger partial charge on any atom is -0.309 e. The van der Waals surface area contributed by atoms with Gasteiger partial charge in [-0.25, -0.2) is 0 Å². The first-order valence-electron chi connectivity index (χ1n) is 22.0. The van der Waals surface area contributed by atoms with Gasteiger partial charge in [-0.2, -0.15) is 0 Å². The molecule has 0 aliphatic heterocycles. The standard InChI is InChI=1S/C60H40N2SSi/c1-4-17-44(18-5-1)64(45-19-6-2-7-20-45,46-21-8-3-9-22-46)47-35-33-43(34-36-47)61-54-27-14-11-25-51(54)60-56(61)28-16-29-57(60)62-53-26-13-10-23-48(53)52-39-41(32-38-55(52)62)42-31-37-50-49-24-12-15-30-58(49)63-59(50)40-42/h1-40H. The second kappa shape index (κ2) is 14.7. The Morgan fingerprint density at radius 2 is 0.797 bits per heavy atom. The van der Waals surface area contributed by atoms with Gasteiger partial charge < -0.3 is 9.13 Å². The Labute approximate surface area is 376 Å². The topological polar surface area (TPSA) is 9.86 Å². The maximum absolute atomic E-state index is 2.67. The van der Waals surface area contributed by atoms with E-state index in [9.17, 15) is 0 Å². The molecule has 4 heteroatoms. The van der Waals surface area contributed by atoms with E-state index in [1.165, 1.54) is 101 Å². The number of aromatic nitrogens is 2. The Kier molecular flexibility index (Phi) is 8.45. The van der Waals surface area contributed by atoms with E-state index in [4.69, 9.17) is 0 Å². The predicted molar refractivity (Wildman–Crippen MR) is 277 cm³/mol. The smallest absolute Gasteiger partial charge is 0.179 e. The number of para-hydroxylation sites is 2. The fourth-order valence-corrected chi connectivity index (χ4v) is 16.6. The van der Waals surface area contributed by atoms with E-state index in [1.54, 1.807) is 0 Å². The zero-order valence-corrected chi connectivity index (χ0v) is 36.7. The van der Waals surface area contributed by atoms with Crippen LogP contribution in [0, 0.1) is 0 Å². The molecule has 0 unspecified atom stereocenters. The van der Waals surface area contributed by atoms with Gasteiger partial charge in [-0.1, -0.05) is 182 Å². The zero-order valence-electron chi connectivity index (χ0n) is 34.9. The number of rotatable bonds is 7. The van der Waals surface area contributed by atoms with Crippen molar-refractivity contribution >= 4 is 104 Å². The number of thiophene rings is 1. The maximum atomic E-state index is 2.49. The van der Waals surface area contributed by atoms with Crippen LogP contribution in [0.5, 0.6) is 0 Å². The molecule has 0 amide bonds. The van der Waals surface area contributed by atoms with Gasteiger partial charge >= 0.3 is 0 Å². The summed E-state index contributed by atoms with van der Waals surface area (Å²) in [6, 6.07) is 90.4. The van der Waals surface area contributed by atoms with Crippen LogP contribution in [0.15, 0.2) is 243 Å². The molecule has 0 aliphatic carbocycles. The highest BCUT2D eigenvalue weighted by Crippen LogP contribution is 2.42. The molecule has 13 rings (SSSR count). The molecule has 0 saturated carbocycles. The molecular formula is C60H40N2SSi. The highest BCUT2D eigenvalue weighted by atomic mass is 32.1. The first kappa shape index (κ1) is 36.9. The molecule has 0 bridgehead atoms. The molecule has 64 heavy (non-hydrogen) atoms. The molecule has 10 aromatic carbocycles. The summed E-state index contributed by atoms with van der Waals surface area (Å²) in [5, 5.41) is 13.1. The van der Waals surface area contributed by atoms with Crippen molar-refractivity contribution in [3.8, 4) is 22.5 Å². The molecule has 2 nitrogen and oxygen atoms in total. The maximum Gasteiger partial charge on any atom is 0.179 e. The van der Waals surface area contributed by atoms with Crippen molar-refractivity contribution in [1.29, 1.82) is 0 Å². The first-order valence-corrected chi connectivity index (χ1v) is 24.8. The third kappa shape index (κ3) is 5.50. The van der Waals surface area contributed by atoms with Gasteiger partial charge in [0.1, 0.15) is 0 Å². The normalized spacial score (nSPS) is 12.1. The second-order valence-electron chi connectivity index (χ2n) is 16.8. The number of fused-ring (bicyclic) bond motifs is 9. The summed E-state index contributed by atoms with van der Waals surface area (Å²) in [7, 11) is -2.67. The number of benzene rings is 10. The molecule has 3 aromatic heterocycles. The van der Waals surface area contributed by atoms with E-state index in [-0.39, 0.29) is 0 Å². The minimum absolute atomic E-state index is 1.15. The van der Waals surface area contributed by atoms with Crippen LogP contribution in [-0.2, 0) is 0 Å². The van der Waals surface area contributed by atoms with Crippen LogP contribution in [-0.4, -0.2) is 17.2 Å². The minimum atomic E-state index is -2.67. The fourth-order valence-electron chi connectivity index (χ4n) is 10.7. The number of hydrogen-bond acceptors (Lipinski definition) is 1. The molecule has 0 radical (unpaired) electrons. The van der Waals surface area contributed by atoms with Crippen molar-refractivity contribution in [2.75, 3.05) is 0 Å². The van der Waals surface area contributed by atoms with Gasteiger partial charge in [-0.15, -0.1) is 11.3 Å². The van der Waals surface area contributed by atoms with Crippen molar-refractivity contribution in [1.82, 2.24) is 9.13 Å². The van der Waals surface area contributed by atoms with Crippen LogP contribution in [0.25, 0.3) is 86.3 Å². The molecule has 300 valence electrons. The van der Waals surface area contributed by atoms with Crippen LogP contribution >= 0.6 is 11.3 Å². The molecule has 0 aliphatic rings. The van der Waals surface area contributed by atoms with E-state index in [1.807, 2.05) is 11.3 Å². The average Bonchev–Trinajstić information content (AvgIpc) is 4.03. The van der Waals surface area contributed by atoms with Crippen molar-refractivity contribution in [2.24, 2.45) is 0 Å². The summed E-state index contributed by atoms with van der Waals surface area (Å²) in [6.45, 7) is 0. The lowest BCUT2D eigenvalue weighted by Crippen LogP contribution is -2.74. The van der Waals surface area contributed by atoms with Gasteiger partial charge in [0.2, 0.25) is 0 Å². The molecule has 0 saturated heterocycles. The number of nitrogens with zero attached hydrogens (tertiary/aromatic N) is 2. The number of hydrogen-bond donors (Lipinski definition) is 0. The third-order valence-corrected chi connectivity index (χ3v) is 19.4. The molecule has 13 aromatic rings. The summed E-state index contributed by atoms with van der Waals surface area (Å²) in [6.07, 6.45) is 0. The second-order valence-corrected chi connectivity index (χ2v) is 21.7. The fraction of sp³-hybridized carbons (Fsp3) is 0. The molecule has 3 heterocycles. The van der Waals surface area contributed by atoms with Crippen LogP contribution in [0.4, 0.5) is 0 Å². The highest BCUT2D eigenvalue weighted by molar-refractivity contribution is 7.25.